The van der Waals surface area contributed by atoms with Gasteiger partial charge in [-0.2, -0.15) is 5.26 Å². The number of hydrogen-bond donors (Lipinski definition) is 0. The van der Waals surface area contributed by atoms with Crippen molar-refractivity contribution in [2.75, 3.05) is 13.6 Å². The molecule has 0 unspecified atom stereocenters. The second-order valence-electron chi connectivity index (χ2n) is 3.72. The molecule has 0 atom stereocenters. The molecular formula is C12H15N3O2S. The zero-order chi connectivity index (χ0) is 13.6. The molecule has 0 radical (unpaired) electrons. The summed E-state index contributed by atoms with van der Waals surface area (Å²) in [5, 5.41) is 8.87. The zero-order valence-electron chi connectivity index (χ0n) is 10.2. The van der Waals surface area contributed by atoms with Crippen LogP contribution < -0.4 is 0 Å². The SMILES string of the molecule is C=CCCCN(C)S(=O)(=O)c1cccnc1C#N. The highest BCUT2D eigenvalue weighted by Gasteiger charge is 2.23. The van der Waals surface area contributed by atoms with Crippen molar-refractivity contribution in [2.24, 2.45) is 0 Å². The first-order chi connectivity index (χ1) is 8.54. The van der Waals surface area contributed by atoms with Crippen LogP contribution in [0.5, 0.6) is 0 Å². The van der Waals surface area contributed by atoms with E-state index in [1.165, 1.54) is 29.7 Å². The fourth-order valence-corrected chi connectivity index (χ4v) is 2.73. The lowest BCUT2D eigenvalue weighted by atomic mass is 10.3. The van der Waals surface area contributed by atoms with Crippen LogP contribution in [-0.4, -0.2) is 31.3 Å². The molecule has 1 aromatic heterocycles. The number of pyridine rings is 1. The van der Waals surface area contributed by atoms with E-state index in [4.69, 9.17) is 5.26 Å². The van der Waals surface area contributed by atoms with Gasteiger partial charge in [-0.25, -0.2) is 17.7 Å². The molecule has 1 rings (SSSR count). The van der Waals surface area contributed by atoms with E-state index in [9.17, 15) is 8.42 Å². The van der Waals surface area contributed by atoms with Gasteiger partial charge in [0.15, 0.2) is 5.69 Å². The van der Waals surface area contributed by atoms with Crippen molar-refractivity contribution in [1.29, 1.82) is 5.26 Å². The number of hydrogen-bond acceptors (Lipinski definition) is 4. The van der Waals surface area contributed by atoms with Crippen LogP contribution in [-0.2, 0) is 10.0 Å². The van der Waals surface area contributed by atoms with Crippen molar-refractivity contribution in [3.63, 3.8) is 0 Å². The van der Waals surface area contributed by atoms with Crippen LogP contribution in [0, 0.1) is 11.3 Å². The Bertz CT molecular complexity index is 561. The van der Waals surface area contributed by atoms with E-state index in [1.54, 1.807) is 12.1 Å². The molecule has 0 saturated heterocycles. The Hall–Kier alpha value is -1.71. The van der Waals surface area contributed by atoms with E-state index in [-0.39, 0.29) is 10.6 Å². The van der Waals surface area contributed by atoms with Crippen LogP contribution in [0.15, 0.2) is 35.9 Å². The van der Waals surface area contributed by atoms with E-state index in [1.807, 2.05) is 0 Å². The van der Waals surface area contributed by atoms with E-state index in [0.29, 0.717) is 13.0 Å². The lowest BCUT2D eigenvalue weighted by molar-refractivity contribution is 0.462. The number of unbranched alkanes of at least 4 members (excludes halogenated alkanes) is 1. The van der Waals surface area contributed by atoms with E-state index < -0.39 is 10.0 Å². The Kier molecular flexibility index (Phi) is 5.01. The minimum atomic E-state index is -3.65. The Morgan fingerprint density at radius 2 is 2.33 bits per heavy atom. The first-order valence-corrected chi connectivity index (χ1v) is 6.90. The highest BCUT2D eigenvalue weighted by molar-refractivity contribution is 7.89. The van der Waals surface area contributed by atoms with Gasteiger partial charge in [-0.3, -0.25) is 0 Å². The maximum atomic E-state index is 12.2. The van der Waals surface area contributed by atoms with Gasteiger partial charge in [-0.1, -0.05) is 6.08 Å². The fraction of sp³-hybridized carbons (Fsp3) is 0.333. The van der Waals surface area contributed by atoms with E-state index in [2.05, 4.69) is 11.6 Å². The standard InChI is InChI=1S/C12H15N3O2S/c1-3-4-5-9-15(2)18(16,17)12-7-6-8-14-11(12)10-13/h3,6-8H,1,4-5,9H2,2H3. The van der Waals surface area contributed by atoms with Crippen molar-refractivity contribution in [1.82, 2.24) is 9.29 Å². The topological polar surface area (TPSA) is 74.1 Å². The van der Waals surface area contributed by atoms with Gasteiger partial charge in [0.05, 0.1) is 0 Å². The van der Waals surface area contributed by atoms with Gasteiger partial charge in [0.25, 0.3) is 0 Å². The molecule has 5 nitrogen and oxygen atoms in total. The fourth-order valence-electron chi connectivity index (χ4n) is 1.43. The largest absolute Gasteiger partial charge is 0.245 e. The van der Waals surface area contributed by atoms with Gasteiger partial charge in [-0.15, -0.1) is 6.58 Å². The summed E-state index contributed by atoms with van der Waals surface area (Å²) in [6, 6.07) is 4.69. The van der Waals surface area contributed by atoms with E-state index in [0.717, 1.165) is 6.42 Å². The van der Waals surface area contributed by atoms with Gasteiger partial charge < -0.3 is 0 Å². The van der Waals surface area contributed by atoms with E-state index >= 15 is 0 Å². The van der Waals surface area contributed by atoms with Crippen molar-refractivity contribution >= 4 is 10.0 Å². The van der Waals surface area contributed by atoms with Crippen LogP contribution in [0.25, 0.3) is 0 Å². The molecule has 0 aliphatic rings. The summed E-state index contributed by atoms with van der Waals surface area (Å²) in [6.45, 7) is 3.97. The van der Waals surface area contributed by atoms with Crippen LogP contribution >= 0.6 is 0 Å². The minimum Gasteiger partial charge on any atom is -0.244 e. The Morgan fingerprint density at radius 3 is 2.94 bits per heavy atom. The van der Waals surface area contributed by atoms with Gasteiger partial charge in [0, 0.05) is 19.8 Å². The van der Waals surface area contributed by atoms with Gasteiger partial charge in [-0.05, 0) is 25.0 Å². The first kappa shape index (κ1) is 14.4. The average molecular weight is 265 g/mol. The van der Waals surface area contributed by atoms with Crippen LogP contribution in [0.2, 0.25) is 0 Å². The summed E-state index contributed by atoms with van der Waals surface area (Å²) in [7, 11) is -2.16. The number of rotatable bonds is 6. The maximum Gasteiger partial charge on any atom is 0.245 e. The third-order valence-corrected chi connectivity index (χ3v) is 4.33. The van der Waals surface area contributed by atoms with Crippen LogP contribution in [0.4, 0.5) is 0 Å². The lowest BCUT2D eigenvalue weighted by Crippen LogP contribution is -2.28. The molecule has 0 bridgehead atoms. The molecule has 0 amide bonds. The van der Waals surface area contributed by atoms with Crippen LogP contribution in [0.3, 0.4) is 0 Å². The molecule has 0 fully saturated rings. The Labute approximate surface area is 107 Å². The third kappa shape index (κ3) is 3.15. The molecule has 1 aromatic rings. The van der Waals surface area contributed by atoms with Gasteiger partial charge >= 0.3 is 0 Å². The maximum absolute atomic E-state index is 12.2. The summed E-state index contributed by atoms with van der Waals surface area (Å²) >= 11 is 0. The minimum absolute atomic E-state index is 0.0476. The number of aromatic nitrogens is 1. The van der Waals surface area contributed by atoms with Crippen molar-refractivity contribution < 1.29 is 8.42 Å². The molecule has 0 aliphatic carbocycles. The molecule has 0 saturated carbocycles. The van der Waals surface area contributed by atoms with Gasteiger partial charge in [0.2, 0.25) is 10.0 Å². The highest BCUT2D eigenvalue weighted by atomic mass is 32.2. The smallest absolute Gasteiger partial charge is 0.244 e. The summed E-state index contributed by atoms with van der Waals surface area (Å²) in [4.78, 5) is 3.71. The molecule has 96 valence electrons. The molecule has 6 heteroatoms. The predicted octanol–water partition coefficient (Wildman–Crippen LogP) is 1.54. The number of nitrogens with zero attached hydrogens (tertiary/aromatic N) is 3. The van der Waals surface area contributed by atoms with Crippen molar-refractivity contribution in [3.8, 4) is 6.07 Å². The summed E-state index contributed by atoms with van der Waals surface area (Å²) in [5.74, 6) is 0. The zero-order valence-corrected chi connectivity index (χ0v) is 11.0. The molecule has 0 aromatic carbocycles. The second-order valence-corrected chi connectivity index (χ2v) is 5.73. The first-order valence-electron chi connectivity index (χ1n) is 5.46. The summed E-state index contributed by atoms with van der Waals surface area (Å²) in [6.07, 6.45) is 4.58. The molecule has 0 aliphatic heterocycles. The quantitative estimate of drug-likeness (QED) is 0.577. The Morgan fingerprint density at radius 1 is 1.61 bits per heavy atom. The highest BCUT2D eigenvalue weighted by Crippen LogP contribution is 2.17. The summed E-state index contributed by atoms with van der Waals surface area (Å²) in [5.41, 5.74) is -0.0759. The molecule has 0 N–H and O–H groups in total. The van der Waals surface area contributed by atoms with Crippen molar-refractivity contribution in [2.45, 2.75) is 17.7 Å². The monoisotopic (exact) mass is 265 g/mol. The normalized spacial score (nSPS) is 11.2. The third-order valence-electron chi connectivity index (χ3n) is 2.45. The molecule has 18 heavy (non-hydrogen) atoms. The van der Waals surface area contributed by atoms with Crippen molar-refractivity contribution in [3.05, 3.63) is 36.7 Å². The van der Waals surface area contributed by atoms with Gasteiger partial charge in [0.1, 0.15) is 11.0 Å². The number of sulfonamides is 1. The van der Waals surface area contributed by atoms with Crippen LogP contribution in [0.1, 0.15) is 18.5 Å². The molecular weight excluding hydrogens is 250 g/mol. The summed E-state index contributed by atoms with van der Waals surface area (Å²) < 4.78 is 25.7. The number of allylic oxidation sites excluding steroid dienone is 1. The Balaban J connectivity index is 2.99. The average Bonchev–Trinajstić information content (AvgIpc) is 2.38. The predicted molar refractivity (Wildman–Crippen MR) is 68.2 cm³/mol. The lowest BCUT2D eigenvalue weighted by Gasteiger charge is -2.16. The molecule has 1 heterocycles. The number of nitriles is 1. The second kappa shape index (κ2) is 6.28. The molecule has 0 spiro atoms.